The van der Waals surface area contributed by atoms with Crippen molar-refractivity contribution in [2.75, 3.05) is 27.2 Å². The lowest BCUT2D eigenvalue weighted by Crippen LogP contribution is -2.38. The highest BCUT2D eigenvalue weighted by Crippen LogP contribution is 2.14. The van der Waals surface area contributed by atoms with E-state index in [9.17, 15) is 9.90 Å². The summed E-state index contributed by atoms with van der Waals surface area (Å²) in [5, 5.41) is 15.4. The average molecular weight is 237 g/mol. The molecule has 1 rings (SSSR count). The maximum absolute atomic E-state index is 11.2. The van der Waals surface area contributed by atoms with Crippen molar-refractivity contribution in [1.82, 2.24) is 15.5 Å². The third-order valence-electron chi connectivity index (χ3n) is 2.29. The lowest BCUT2D eigenvalue weighted by Gasteiger charge is -2.12. The molecule has 5 heteroatoms. The van der Waals surface area contributed by atoms with E-state index in [2.05, 4.69) is 10.6 Å². The number of carbonyl (C=O) groups is 1. The van der Waals surface area contributed by atoms with E-state index in [4.69, 9.17) is 0 Å². The van der Waals surface area contributed by atoms with Crippen LogP contribution in [0.3, 0.4) is 0 Å². The molecule has 1 aromatic carbocycles. The Morgan fingerprint density at radius 1 is 1.29 bits per heavy atom. The van der Waals surface area contributed by atoms with Gasteiger partial charge in [-0.2, -0.15) is 0 Å². The number of carbonyl (C=O) groups excluding carboxylic acids is 1. The van der Waals surface area contributed by atoms with Gasteiger partial charge in [0.25, 0.3) is 0 Å². The fourth-order valence-corrected chi connectivity index (χ4v) is 1.30. The number of benzene rings is 1. The van der Waals surface area contributed by atoms with E-state index in [0.29, 0.717) is 19.6 Å². The molecule has 0 spiro atoms. The summed E-state index contributed by atoms with van der Waals surface area (Å²) in [4.78, 5) is 12.7. The first-order chi connectivity index (χ1) is 8.11. The van der Waals surface area contributed by atoms with Gasteiger partial charge >= 0.3 is 6.03 Å². The van der Waals surface area contributed by atoms with Crippen molar-refractivity contribution < 1.29 is 9.90 Å². The van der Waals surface area contributed by atoms with Crippen LogP contribution in [0.15, 0.2) is 24.3 Å². The number of nitrogens with one attached hydrogen (secondary N) is 2. The fourth-order valence-electron chi connectivity index (χ4n) is 1.30. The number of rotatable bonds is 5. The molecule has 0 heterocycles. The van der Waals surface area contributed by atoms with E-state index in [-0.39, 0.29) is 11.8 Å². The molecule has 0 saturated heterocycles. The summed E-state index contributed by atoms with van der Waals surface area (Å²) >= 11 is 0. The van der Waals surface area contributed by atoms with Gasteiger partial charge in [-0.05, 0) is 6.07 Å². The zero-order valence-corrected chi connectivity index (χ0v) is 10.2. The number of para-hydroxylation sites is 1. The van der Waals surface area contributed by atoms with Gasteiger partial charge in [0.15, 0.2) is 0 Å². The Hall–Kier alpha value is -1.75. The van der Waals surface area contributed by atoms with Crippen molar-refractivity contribution in [3.05, 3.63) is 29.8 Å². The highest BCUT2D eigenvalue weighted by atomic mass is 16.3. The predicted molar refractivity (Wildman–Crippen MR) is 66.9 cm³/mol. The molecule has 0 bridgehead atoms. The van der Waals surface area contributed by atoms with Gasteiger partial charge in [0.05, 0.1) is 0 Å². The van der Waals surface area contributed by atoms with Gasteiger partial charge in [-0.25, -0.2) is 4.79 Å². The second kappa shape index (κ2) is 6.75. The maximum Gasteiger partial charge on any atom is 0.316 e. The molecule has 94 valence electrons. The molecule has 2 amide bonds. The number of nitrogens with zero attached hydrogens (tertiary/aromatic N) is 1. The molecule has 0 saturated carbocycles. The van der Waals surface area contributed by atoms with Crippen LogP contribution in [0.1, 0.15) is 5.56 Å². The maximum atomic E-state index is 11.2. The van der Waals surface area contributed by atoms with Crippen LogP contribution in [0.4, 0.5) is 4.79 Å². The van der Waals surface area contributed by atoms with E-state index >= 15 is 0 Å². The number of phenolic OH excluding ortho intramolecular Hbond substituents is 1. The predicted octanol–water partition coefficient (Wildman–Crippen LogP) is 0.753. The number of hydrogen-bond donors (Lipinski definition) is 3. The van der Waals surface area contributed by atoms with Gasteiger partial charge in [0.1, 0.15) is 5.75 Å². The van der Waals surface area contributed by atoms with Crippen molar-refractivity contribution >= 4 is 6.03 Å². The number of aromatic hydroxyl groups is 1. The summed E-state index contributed by atoms with van der Waals surface area (Å²) < 4.78 is 0. The Labute approximate surface area is 101 Å². The molecule has 5 nitrogen and oxygen atoms in total. The van der Waals surface area contributed by atoms with Crippen molar-refractivity contribution in [1.29, 1.82) is 0 Å². The van der Waals surface area contributed by atoms with Crippen LogP contribution < -0.4 is 10.6 Å². The number of amides is 2. The Morgan fingerprint density at radius 3 is 2.65 bits per heavy atom. The zero-order chi connectivity index (χ0) is 12.7. The van der Waals surface area contributed by atoms with Crippen LogP contribution >= 0.6 is 0 Å². The van der Waals surface area contributed by atoms with Gasteiger partial charge in [0.2, 0.25) is 0 Å². The van der Waals surface area contributed by atoms with E-state index < -0.39 is 0 Å². The van der Waals surface area contributed by atoms with Crippen LogP contribution in [-0.4, -0.2) is 43.2 Å². The van der Waals surface area contributed by atoms with Crippen LogP contribution in [0.25, 0.3) is 0 Å². The van der Waals surface area contributed by atoms with Crippen LogP contribution in [0.5, 0.6) is 5.75 Å². The molecular formula is C12H19N3O2. The Morgan fingerprint density at radius 2 is 2.00 bits per heavy atom. The zero-order valence-electron chi connectivity index (χ0n) is 10.2. The number of phenols is 1. The van der Waals surface area contributed by atoms with Crippen LogP contribution in [0, 0.1) is 0 Å². The van der Waals surface area contributed by atoms with Gasteiger partial charge in [0, 0.05) is 39.3 Å². The van der Waals surface area contributed by atoms with Crippen molar-refractivity contribution in [2.45, 2.75) is 6.54 Å². The van der Waals surface area contributed by atoms with Crippen LogP contribution in [-0.2, 0) is 6.54 Å². The number of hydrogen-bond acceptors (Lipinski definition) is 3. The molecule has 3 N–H and O–H groups in total. The summed E-state index contributed by atoms with van der Waals surface area (Å²) in [7, 11) is 3.40. The van der Waals surface area contributed by atoms with Gasteiger partial charge in [-0.15, -0.1) is 0 Å². The highest BCUT2D eigenvalue weighted by molar-refractivity contribution is 5.73. The second-order valence-corrected chi connectivity index (χ2v) is 3.93. The minimum absolute atomic E-state index is 0.102. The second-order valence-electron chi connectivity index (χ2n) is 3.93. The third-order valence-corrected chi connectivity index (χ3v) is 2.29. The summed E-state index contributed by atoms with van der Waals surface area (Å²) in [6.07, 6.45) is 0. The van der Waals surface area contributed by atoms with Gasteiger partial charge in [-0.1, -0.05) is 18.2 Å². The smallest absolute Gasteiger partial charge is 0.316 e. The quantitative estimate of drug-likeness (QED) is 0.662. The first-order valence-corrected chi connectivity index (χ1v) is 5.54. The van der Waals surface area contributed by atoms with Crippen molar-refractivity contribution in [3.8, 4) is 5.75 Å². The first-order valence-electron chi connectivity index (χ1n) is 5.54. The molecule has 0 fully saturated rings. The van der Waals surface area contributed by atoms with Gasteiger partial charge in [-0.3, -0.25) is 0 Å². The molecule has 0 aliphatic carbocycles. The summed E-state index contributed by atoms with van der Waals surface area (Å²) in [6, 6.07) is 7.08. The lowest BCUT2D eigenvalue weighted by molar-refractivity contribution is 0.217. The van der Waals surface area contributed by atoms with E-state index in [1.807, 2.05) is 12.1 Å². The summed E-state index contributed by atoms with van der Waals surface area (Å²) in [5.41, 5.74) is 0.853. The van der Waals surface area contributed by atoms with E-state index in [1.54, 1.807) is 26.2 Å². The van der Waals surface area contributed by atoms with E-state index in [0.717, 1.165) is 5.56 Å². The van der Waals surface area contributed by atoms with Crippen LogP contribution in [0.2, 0.25) is 0 Å². The van der Waals surface area contributed by atoms with Crippen molar-refractivity contribution in [2.24, 2.45) is 0 Å². The third kappa shape index (κ3) is 4.74. The lowest BCUT2D eigenvalue weighted by atomic mass is 10.2. The molecule has 17 heavy (non-hydrogen) atoms. The van der Waals surface area contributed by atoms with Gasteiger partial charge < -0.3 is 20.6 Å². The SMILES string of the molecule is CN(C)C(=O)NCCNCc1ccccc1O. The number of urea groups is 1. The molecular weight excluding hydrogens is 218 g/mol. The molecule has 0 atom stereocenters. The minimum atomic E-state index is -0.102. The monoisotopic (exact) mass is 237 g/mol. The molecule has 0 unspecified atom stereocenters. The Balaban J connectivity index is 2.17. The molecule has 0 aliphatic rings. The highest BCUT2D eigenvalue weighted by Gasteiger charge is 2.01. The molecule has 0 aliphatic heterocycles. The summed E-state index contributed by atoms with van der Waals surface area (Å²) in [6.45, 7) is 1.81. The molecule has 1 aromatic rings. The minimum Gasteiger partial charge on any atom is -0.508 e. The largest absolute Gasteiger partial charge is 0.508 e. The first kappa shape index (κ1) is 13.3. The molecule has 0 radical (unpaired) electrons. The standard InChI is InChI=1S/C12H19N3O2/c1-15(2)12(17)14-8-7-13-9-10-5-3-4-6-11(10)16/h3-6,13,16H,7-9H2,1-2H3,(H,14,17). The topological polar surface area (TPSA) is 64.6 Å². The Bertz CT molecular complexity index is 367. The fraction of sp³-hybridized carbons (Fsp3) is 0.417. The molecule has 0 aromatic heterocycles. The average Bonchev–Trinajstić information content (AvgIpc) is 2.30. The Kier molecular flexibility index (Phi) is 5.29. The summed E-state index contributed by atoms with van der Waals surface area (Å²) in [5.74, 6) is 0.289. The van der Waals surface area contributed by atoms with Crippen molar-refractivity contribution in [3.63, 3.8) is 0 Å². The normalized spacial score (nSPS) is 10.0. The van der Waals surface area contributed by atoms with E-state index in [1.165, 1.54) is 4.90 Å².